The number of carbonyl (C=O) groups excluding carboxylic acids is 2. The lowest BCUT2D eigenvalue weighted by molar-refractivity contribution is -0.138. The molecule has 0 saturated carbocycles. The Balaban J connectivity index is 1.38. The van der Waals surface area contributed by atoms with Crippen molar-refractivity contribution in [2.75, 3.05) is 31.1 Å². The molecule has 1 atom stereocenters. The van der Waals surface area contributed by atoms with E-state index in [0.29, 0.717) is 37.6 Å². The molecule has 9 heteroatoms. The van der Waals surface area contributed by atoms with Gasteiger partial charge in [0.25, 0.3) is 5.91 Å². The molecule has 2 heterocycles. The molecule has 0 bridgehead atoms. The predicted octanol–water partition coefficient (Wildman–Crippen LogP) is 4.31. The van der Waals surface area contributed by atoms with Crippen molar-refractivity contribution in [3.05, 3.63) is 95.7 Å². The van der Waals surface area contributed by atoms with Crippen molar-refractivity contribution in [3.8, 4) is 0 Å². The number of piperazine rings is 1. The Kier molecular flexibility index (Phi) is 7.33. The van der Waals surface area contributed by atoms with Gasteiger partial charge in [0.15, 0.2) is 0 Å². The molecule has 2 amide bonds. The molecule has 0 aliphatic carbocycles. The van der Waals surface area contributed by atoms with Crippen LogP contribution in [0.3, 0.4) is 0 Å². The lowest BCUT2D eigenvalue weighted by Gasteiger charge is -2.36. The highest BCUT2D eigenvalue weighted by atomic mass is 19.4. The molecule has 1 fully saturated rings. The standard InChI is InChI=1S/C26H25F3N4O2/c27-26(28,29)21-11-12-23(30-18-21)32-13-15-33(16-14-32)24(34)17-22(19-7-3-1-4-8-19)31-25(35)20-9-5-2-6-10-20/h1-12,18,22H,13-17H2,(H,31,35)/t22-/m0/s1. The molecule has 1 saturated heterocycles. The number of carbonyl (C=O) groups is 2. The molecule has 182 valence electrons. The van der Waals surface area contributed by atoms with E-state index in [-0.39, 0.29) is 18.2 Å². The second-order valence-corrected chi connectivity index (χ2v) is 8.28. The molecule has 4 rings (SSSR count). The molecule has 1 aliphatic rings. The van der Waals surface area contributed by atoms with Crippen molar-refractivity contribution in [2.45, 2.75) is 18.6 Å². The van der Waals surface area contributed by atoms with Gasteiger partial charge in [-0.2, -0.15) is 13.2 Å². The van der Waals surface area contributed by atoms with Crippen molar-refractivity contribution < 1.29 is 22.8 Å². The second-order valence-electron chi connectivity index (χ2n) is 8.28. The van der Waals surface area contributed by atoms with Crippen LogP contribution in [0.5, 0.6) is 0 Å². The van der Waals surface area contributed by atoms with Crippen LogP contribution in [0, 0.1) is 0 Å². The minimum Gasteiger partial charge on any atom is -0.353 e. The van der Waals surface area contributed by atoms with Gasteiger partial charge in [-0.1, -0.05) is 48.5 Å². The van der Waals surface area contributed by atoms with E-state index in [2.05, 4.69) is 10.3 Å². The van der Waals surface area contributed by atoms with Crippen molar-refractivity contribution >= 4 is 17.6 Å². The third-order valence-electron chi connectivity index (χ3n) is 5.95. The fourth-order valence-electron chi connectivity index (χ4n) is 4.00. The first-order valence-corrected chi connectivity index (χ1v) is 11.3. The van der Waals surface area contributed by atoms with E-state index in [4.69, 9.17) is 0 Å². The maximum atomic E-state index is 13.1. The van der Waals surface area contributed by atoms with E-state index in [1.807, 2.05) is 41.3 Å². The molecule has 1 aliphatic heterocycles. The molecule has 35 heavy (non-hydrogen) atoms. The van der Waals surface area contributed by atoms with Crippen LogP contribution in [0.1, 0.15) is 33.9 Å². The van der Waals surface area contributed by atoms with Crippen molar-refractivity contribution in [3.63, 3.8) is 0 Å². The summed E-state index contributed by atoms with van der Waals surface area (Å²) in [4.78, 5) is 33.4. The number of amides is 2. The number of benzene rings is 2. The molecule has 0 spiro atoms. The highest BCUT2D eigenvalue weighted by Gasteiger charge is 2.31. The average Bonchev–Trinajstić information content (AvgIpc) is 2.89. The van der Waals surface area contributed by atoms with Gasteiger partial charge in [-0.3, -0.25) is 9.59 Å². The van der Waals surface area contributed by atoms with Crippen LogP contribution in [-0.2, 0) is 11.0 Å². The summed E-state index contributed by atoms with van der Waals surface area (Å²) >= 11 is 0. The topological polar surface area (TPSA) is 65.5 Å². The van der Waals surface area contributed by atoms with Crippen LogP contribution in [0.15, 0.2) is 79.0 Å². The molecular formula is C26H25F3N4O2. The Morgan fingerprint density at radius 1 is 0.886 bits per heavy atom. The Morgan fingerprint density at radius 3 is 2.09 bits per heavy atom. The first kappa shape index (κ1) is 24.3. The van der Waals surface area contributed by atoms with Crippen molar-refractivity contribution in [2.24, 2.45) is 0 Å². The number of pyridine rings is 1. The molecule has 1 aromatic heterocycles. The van der Waals surface area contributed by atoms with E-state index in [9.17, 15) is 22.8 Å². The lowest BCUT2D eigenvalue weighted by atomic mass is 10.0. The van der Waals surface area contributed by atoms with Gasteiger partial charge in [-0.25, -0.2) is 4.98 Å². The maximum Gasteiger partial charge on any atom is 0.417 e. The van der Waals surface area contributed by atoms with Gasteiger partial charge in [0.05, 0.1) is 18.0 Å². The summed E-state index contributed by atoms with van der Waals surface area (Å²) in [6.07, 6.45) is -3.50. The summed E-state index contributed by atoms with van der Waals surface area (Å²) in [5.41, 5.74) is 0.552. The fourth-order valence-corrected chi connectivity index (χ4v) is 4.00. The quantitative estimate of drug-likeness (QED) is 0.569. The van der Waals surface area contributed by atoms with Gasteiger partial charge >= 0.3 is 6.18 Å². The number of halogens is 3. The number of nitrogens with zero attached hydrogens (tertiary/aromatic N) is 3. The molecule has 3 aromatic rings. The number of hydrogen-bond donors (Lipinski definition) is 1. The van der Waals surface area contributed by atoms with Gasteiger partial charge in [0, 0.05) is 37.9 Å². The van der Waals surface area contributed by atoms with Gasteiger partial charge in [0.1, 0.15) is 5.82 Å². The van der Waals surface area contributed by atoms with Gasteiger partial charge in [-0.15, -0.1) is 0 Å². The first-order valence-electron chi connectivity index (χ1n) is 11.3. The van der Waals surface area contributed by atoms with E-state index in [0.717, 1.165) is 17.8 Å². The normalized spacial score (nSPS) is 14.9. The summed E-state index contributed by atoms with van der Waals surface area (Å²) in [7, 11) is 0. The highest BCUT2D eigenvalue weighted by molar-refractivity contribution is 5.94. The largest absolute Gasteiger partial charge is 0.417 e. The number of nitrogens with one attached hydrogen (secondary N) is 1. The van der Waals surface area contributed by atoms with Gasteiger partial charge < -0.3 is 15.1 Å². The number of alkyl halides is 3. The minimum absolute atomic E-state index is 0.0983. The minimum atomic E-state index is -4.43. The summed E-state index contributed by atoms with van der Waals surface area (Å²) in [5, 5.41) is 2.97. The number of rotatable bonds is 6. The average molecular weight is 483 g/mol. The fraction of sp³-hybridized carbons (Fsp3) is 0.269. The predicted molar refractivity (Wildman–Crippen MR) is 126 cm³/mol. The number of hydrogen-bond acceptors (Lipinski definition) is 4. The molecule has 0 unspecified atom stereocenters. The van der Waals surface area contributed by atoms with E-state index >= 15 is 0 Å². The second kappa shape index (κ2) is 10.6. The van der Waals surface area contributed by atoms with Crippen LogP contribution in [0.2, 0.25) is 0 Å². The third-order valence-corrected chi connectivity index (χ3v) is 5.95. The monoisotopic (exact) mass is 482 g/mol. The van der Waals surface area contributed by atoms with E-state index in [1.165, 1.54) is 6.07 Å². The number of anilines is 1. The van der Waals surface area contributed by atoms with Crippen molar-refractivity contribution in [1.82, 2.24) is 15.2 Å². The zero-order valence-electron chi connectivity index (χ0n) is 18.9. The Labute approximate surface area is 201 Å². The van der Waals surface area contributed by atoms with Crippen LogP contribution < -0.4 is 10.2 Å². The molecule has 6 nitrogen and oxygen atoms in total. The van der Waals surface area contributed by atoms with Crippen LogP contribution in [-0.4, -0.2) is 47.9 Å². The van der Waals surface area contributed by atoms with Crippen LogP contribution in [0.25, 0.3) is 0 Å². The number of aromatic nitrogens is 1. The van der Waals surface area contributed by atoms with Gasteiger partial charge in [0.2, 0.25) is 5.91 Å². The summed E-state index contributed by atoms with van der Waals surface area (Å²) < 4.78 is 38.3. The lowest BCUT2D eigenvalue weighted by Crippen LogP contribution is -2.49. The molecule has 0 radical (unpaired) electrons. The van der Waals surface area contributed by atoms with Crippen LogP contribution in [0.4, 0.5) is 19.0 Å². The SMILES string of the molecule is O=C(N[C@@H](CC(=O)N1CCN(c2ccc(C(F)(F)F)cn2)CC1)c1ccccc1)c1ccccc1. The Hall–Kier alpha value is -3.88. The molecular weight excluding hydrogens is 457 g/mol. The molecule has 1 N–H and O–H groups in total. The summed E-state index contributed by atoms with van der Waals surface area (Å²) in [6.45, 7) is 1.73. The Morgan fingerprint density at radius 2 is 1.51 bits per heavy atom. The third kappa shape index (κ3) is 6.17. The zero-order valence-corrected chi connectivity index (χ0v) is 18.9. The smallest absolute Gasteiger partial charge is 0.353 e. The van der Waals surface area contributed by atoms with Gasteiger partial charge in [-0.05, 0) is 29.8 Å². The van der Waals surface area contributed by atoms with Crippen LogP contribution >= 0.6 is 0 Å². The summed E-state index contributed by atoms with van der Waals surface area (Å²) in [5.74, 6) is 0.0834. The highest BCUT2D eigenvalue weighted by Crippen LogP contribution is 2.29. The van der Waals surface area contributed by atoms with E-state index in [1.54, 1.807) is 29.2 Å². The van der Waals surface area contributed by atoms with Crippen molar-refractivity contribution in [1.29, 1.82) is 0 Å². The maximum absolute atomic E-state index is 13.1. The molecule has 2 aromatic carbocycles. The first-order chi connectivity index (χ1) is 16.8. The Bertz CT molecular complexity index is 1130. The zero-order chi connectivity index (χ0) is 24.8. The summed E-state index contributed by atoms with van der Waals surface area (Å²) in [6, 6.07) is 20.0. The van der Waals surface area contributed by atoms with E-state index < -0.39 is 17.8 Å².